The monoisotopic (exact) mass is 334 g/mol. The van der Waals surface area contributed by atoms with Crippen molar-refractivity contribution in [3.63, 3.8) is 0 Å². The predicted octanol–water partition coefficient (Wildman–Crippen LogP) is 3.31. The van der Waals surface area contributed by atoms with E-state index in [9.17, 15) is 9.90 Å². The Bertz CT molecular complexity index is 629. The second-order valence-corrected chi connectivity index (χ2v) is 5.47. The third-order valence-corrected chi connectivity index (χ3v) is 3.35. The molecular weight excluding hydrogens is 316 g/mol. The van der Waals surface area contributed by atoms with Gasteiger partial charge >= 0.3 is 6.03 Å². The molecule has 1 unspecified atom stereocenters. The normalized spacial score (nSPS) is 11.6. The van der Waals surface area contributed by atoms with Gasteiger partial charge in [-0.25, -0.2) is 4.79 Å². The summed E-state index contributed by atoms with van der Waals surface area (Å²) in [6.07, 6.45) is 0.229. The Hall–Kier alpha value is -2.40. The molecule has 0 saturated carbocycles. The highest BCUT2D eigenvalue weighted by atomic mass is 35.5. The molecule has 0 heterocycles. The minimum atomic E-state index is -0.491. The molecule has 0 saturated heterocycles. The van der Waals surface area contributed by atoms with Crippen molar-refractivity contribution in [2.75, 3.05) is 6.54 Å². The molecule has 5 nitrogen and oxygen atoms in total. The van der Waals surface area contributed by atoms with Crippen molar-refractivity contribution in [1.82, 2.24) is 10.6 Å². The summed E-state index contributed by atoms with van der Waals surface area (Å²) in [7, 11) is 0. The quantitative estimate of drug-likeness (QED) is 0.710. The molecule has 2 rings (SSSR count). The van der Waals surface area contributed by atoms with Gasteiger partial charge in [0, 0.05) is 11.6 Å². The van der Waals surface area contributed by atoms with Gasteiger partial charge in [-0.15, -0.1) is 0 Å². The number of phenols is 1. The maximum Gasteiger partial charge on any atom is 0.317 e. The zero-order chi connectivity index (χ0) is 16.7. The van der Waals surface area contributed by atoms with Crippen molar-refractivity contribution < 1.29 is 14.6 Å². The number of aromatic hydroxyl groups is 1. The second-order valence-electron chi connectivity index (χ2n) is 5.03. The van der Waals surface area contributed by atoms with Crippen molar-refractivity contribution in [3.8, 4) is 11.5 Å². The molecule has 0 aliphatic rings. The smallest absolute Gasteiger partial charge is 0.317 e. The number of carbonyl (C=O) groups is 1. The molecule has 6 heteroatoms. The summed E-state index contributed by atoms with van der Waals surface area (Å²) < 4.78 is 5.52. The molecule has 0 bridgehead atoms. The second kappa shape index (κ2) is 8.29. The first-order valence-electron chi connectivity index (χ1n) is 7.27. The zero-order valence-electron chi connectivity index (χ0n) is 12.8. The van der Waals surface area contributed by atoms with Gasteiger partial charge in [-0.2, -0.15) is 0 Å². The average Bonchev–Trinajstić information content (AvgIpc) is 2.51. The zero-order valence-corrected chi connectivity index (χ0v) is 13.5. The lowest BCUT2D eigenvalue weighted by Crippen LogP contribution is -2.43. The van der Waals surface area contributed by atoms with Gasteiger partial charge in [0.15, 0.2) is 6.23 Å². The molecular formula is C17H19ClN2O3. The fraction of sp³-hybridized carbons (Fsp3) is 0.235. The molecule has 1 atom stereocenters. The number of ether oxygens (including phenoxy) is 1. The molecule has 23 heavy (non-hydrogen) atoms. The number of carbonyl (C=O) groups excluding carboxylic acids is 1. The van der Waals surface area contributed by atoms with Crippen molar-refractivity contribution in [2.45, 2.75) is 19.6 Å². The van der Waals surface area contributed by atoms with Crippen LogP contribution in [0.15, 0.2) is 48.5 Å². The van der Waals surface area contributed by atoms with E-state index in [4.69, 9.17) is 16.3 Å². The Morgan fingerprint density at radius 2 is 1.83 bits per heavy atom. The number of nitrogens with one attached hydrogen (secondary N) is 2. The lowest BCUT2D eigenvalue weighted by atomic mass is 10.1. The van der Waals surface area contributed by atoms with Gasteiger partial charge in [-0.1, -0.05) is 23.7 Å². The molecule has 0 aromatic heterocycles. The Labute approximate surface area is 140 Å². The number of hydrogen-bond acceptors (Lipinski definition) is 3. The van der Waals surface area contributed by atoms with Crippen LogP contribution in [0.5, 0.6) is 11.5 Å². The van der Waals surface area contributed by atoms with Crippen molar-refractivity contribution in [1.29, 1.82) is 0 Å². The van der Waals surface area contributed by atoms with E-state index in [1.165, 1.54) is 12.1 Å². The summed E-state index contributed by atoms with van der Waals surface area (Å²) in [5, 5.41) is 15.3. The van der Waals surface area contributed by atoms with Crippen LogP contribution in [-0.2, 0) is 6.42 Å². The van der Waals surface area contributed by atoms with Crippen LogP contribution in [0.1, 0.15) is 12.5 Å². The fourth-order valence-electron chi connectivity index (χ4n) is 1.97. The Balaban J connectivity index is 1.69. The molecule has 2 amide bonds. The topological polar surface area (TPSA) is 70.6 Å². The van der Waals surface area contributed by atoms with Crippen LogP contribution in [0.25, 0.3) is 0 Å². The number of amides is 2. The molecule has 3 N–H and O–H groups in total. The van der Waals surface area contributed by atoms with Gasteiger partial charge in [0.1, 0.15) is 11.5 Å². The van der Waals surface area contributed by atoms with Crippen LogP contribution in [0.4, 0.5) is 4.79 Å². The summed E-state index contributed by atoms with van der Waals surface area (Å²) in [6.45, 7) is 2.24. The minimum Gasteiger partial charge on any atom is -0.508 e. The summed E-state index contributed by atoms with van der Waals surface area (Å²) in [4.78, 5) is 11.8. The van der Waals surface area contributed by atoms with Crippen LogP contribution in [0, 0.1) is 0 Å². The Morgan fingerprint density at radius 3 is 2.48 bits per heavy atom. The number of halogens is 1. The average molecular weight is 335 g/mol. The number of rotatable bonds is 6. The van der Waals surface area contributed by atoms with E-state index in [0.29, 0.717) is 17.3 Å². The standard InChI is InChI=1S/C17H19ClN2O3/c1-12(23-16-8-6-15(21)7-9-16)20-17(22)19-11-10-13-2-4-14(18)5-3-13/h2-9,12,21H,10-11H2,1H3,(H2,19,20,22). The van der Waals surface area contributed by atoms with E-state index in [1.54, 1.807) is 19.1 Å². The molecule has 2 aromatic carbocycles. The van der Waals surface area contributed by atoms with Crippen molar-refractivity contribution in [3.05, 3.63) is 59.1 Å². The van der Waals surface area contributed by atoms with Gasteiger partial charge < -0.3 is 20.5 Å². The van der Waals surface area contributed by atoms with Crippen LogP contribution >= 0.6 is 11.6 Å². The van der Waals surface area contributed by atoms with Gasteiger partial charge in [-0.3, -0.25) is 0 Å². The summed E-state index contributed by atoms with van der Waals surface area (Å²) in [5.41, 5.74) is 1.10. The third-order valence-electron chi connectivity index (χ3n) is 3.10. The first-order valence-corrected chi connectivity index (χ1v) is 7.65. The molecule has 0 radical (unpaired) electrons. The van der Waals surface area contributed by atoms with Crippen LogP contribution in [-0.4, -0.2) is 23.9 Å². The van der Waals surface area contributed by atoms with E-state index in [0.717, 1.165) is 12.0 Å². The van der Waals surface area contributed by atoms with Gasteiger partial charge in [0.2, 0.25) is 0 Å². The lowest BCUT2D eigenvalue weighted by molar-refractivity contribution is 0.177. The minimum absolute atomic E-state index is 0.165. The SMILES string of the molecule is CC(NC(=O)NCCc1ccc(Cl)cc1)Oc1ccc(O)cc1. The highest BCUT2D eigenvalue weighted by Crippen LogP contribution is 2.16. The molecule has 0 aliphatic carbocycles. The van der Waals surface area contributed by atoms with Gasteiger partial charge in [0.05, 0.1) is 0 Å². The molecule has 2 aromatic rings. The summed E-state index contributed by atoms with van der Waals surface area (Å²) in [5.74, 6) is 0.731. The van der Waals surface area contributed by atoms with Gasteiger partial charge in [0.25, 0.3) is 0 Å². The van der Waals surface area contributed by atoms with E-state index < -0.39 is 6.23 Å². The van der Waals surface area contributed by atoms with Gasteiger partial charge in [-0.05, 0) is 55.3 Å². The fourth-order valence-corrected chi connectivity index (χ4v) is 2.09. The van der Waals surface area contributed by atoms with Crippen LogP contribution < -0.4 is 15.4 Å². The first kappa shape index (κ1) is 17.0. The number of urea groups is 1. The van der Waals surface area contributed by atoms with Crippen molar-refractivity contribution in [2.24, 2.45) is 0 Å². The van der Waals surface area contributed by atoms with Crippen molar-refractivity contribution >= 4 is 17.6 Å². The number of benzene rings is 2. The Kier molecular flexibility index (Phi) is 6.11. The first-order chi connectivity index (χ1) is 11.0. The van der Waals surface area contributed by atoms with E-state index in [1.807, 2.05) is 24.3 Å². The van der Waals surface area contributed by atoms with E-state index in [-0.39, 0.29) is 11.8 Å². The highest BCUT2D eigenvalue weighted by molar-refractivity contribution is 6.30. The molecule has 0 spiro atoms. The lowest BCUT2D eigenvalue weighted by Gasteiger charge is -2.16. The molecule has 122 valence electrons. The largest absolute Gasteiger partial charge is 0.508 e. The summed E-state index contributed by atoms with van der Waals surface area (Å²) >= 11 is 5.82. The predicted molar refractivity (Wildman–Crippen MR) is 89.9 cm³/mol. The molecule has 0 fully saturated rings. The molecule has 0 aliphatic heterocycles. The summed E-state index contributed by atoms with van der Waals surface area (Å²) in [6, 6.07) is 13.5. The highest BCUT2D eigenvalue weighted by Gasteiger charge is 2.08. The van der Waals surface area contributed by atoms with E-state index >= 15 is 0 Å². The maximum atomic E-state index is 11.8. The Morgan fingerprint density at radius 1 is 1.17 bits per heavy atom. The number of hydrogen-bond donors (Lipinski definition) is 3. The third kappa shape index (κ3) is 6.08. The van der Waals surface area contributed by atoms with Crippen LogP contribution in [0.2, 0.25) is 5.02 Å². The van der Waals surface area contributed by atoms with E-state index in [2.05, 4.69) is 10.6 Å². The maximum absolute atomic E-state index is 11.8. The number of phenolic OH excluding ortho intramolecular Hbond substituents is 1. The van der Waals surface area contributed by atoms with Crippen LogP contribution in [0.3, 0.4) is 0 Å².